The standard InChI is InChI=1S/C15H18N2O3S/c1-20-13(19)8-15(5-6-15)10-21-14-11(9-18)17-7-3-2-4-12(17)16-14/h2-4,7,18H,5-6,8-10H2,1H3. The highest BCUT2D eigenvalue weighted by Crippen LogP contribution is 2.52. The summed E-state index contributed by atoms with van der Waals surface area (Å²) >= 11 is 1.62. The van der Waals surface area contributed by atoms with Gasteiger partial charge >= 0.3 is 5.97 Å². The molecule has 1 aliphatic rings. The van der Waals surface area contributed by atoms with E-state index in [1.54, 1.807) is 11.8 Å². The molecule has 2 aromatic rings. The summed E-state index contributed by atoms with van der Waals surface area (Å²) < 4.78 is 6.67. The summed E-state index contributed by atoms with van der Waals surface area (Å²) in [6.45, 7) is -0.0441. The van der Waals surface area contributed by atoms with E-state index in [4.69, 9.17) is 4.74 Å². The molecule has 2 aromatic heterocycles. The first-order valence-electron chi connectivity index (χ1n) is 6.94. The third kappa shape index (κ3) is 2.91. The van der Waals surface area contributed by atoms with Gasteiger partial charge in [-0.1, -0.05) is 6.07 Å². The van der Waals surface area contributed by atoms with Crippen molar-refractivity contribution >= 4 is 23.4 Å². The van der Waals surface area contributed by atoms with E-state index >= 15 is 0 Å². The Labute approximate surface area is 127 Å². The number of methoxy groups -OCH3 is 1. The fourth-order valence-corrected chi connectivity index (χ4v) is 3.75. The molecule has 2 heterocycles. The van der Waals surface area contributed by atoms with Crippen molar-refractivity contribution in [1.82, 2.24) is 9.38 Å². The van der Waals surface area contributed by atoms with Crippen LogP contribution in [0.25, 0.3) is 5.65 Å². The van der Waals surface area contributed by atoms with Crippen LogP contribution in [0.5, 0.6) is 0 Å². The summed E-state index contributed by atoms with van der Waals surface area (Å²) in [4.78, 5) is 16.0. The van der Waals surface area contributed by atoms with E-state index in [2.05, 4.69) is 4.98 Å². The highest BCUT2D eigenvalue weighted by atomic mass is 32.2. The zero-order valence-corrected chi connectivity index (χ0v) is 12.7. The van der Waals surface area contributed by atoms with Gasteiger partial charge in [-0.25, -0.2) is 4.98 Å². The topological polar surface area (TPSA) is 63.8 Å². The minimum Gasteiger partial charge on any atom is -0.469 e. The Kier molecular flexibility index (Phi) is 3.91. The Morgan fingerprint density at radius 3 is 3.00 bits per heavy atom. The molecule has 3 rings (SSSR count). The van der Waals surface area contributed by atoms with Crippen LogP contribution in [-0.4, -0.2) is 33.3 Å². The van der Waals surface area contributed by atoms with E-state index in [0.717, 1.165) is 35.0 Å². The fourth-order valence-electron chi connectivity index (χ4n) is 2.43. The molecule has 112 valence electrons. The van der Waals surface area contributed by atoms with Crippen molar-refractivity contribution < 1.29 is 14.6 Å². The molecule has 0 spiro atoms. The summed E-state index contributed by atoms with van der Waals surface area (Å²) in [6.07, 6.45) is 4.48. The van der Waals surface area contributed by atoms with Gasteiger partial charge in [0.2, 0.25) is 0 Å². The molecule has 0 bridgehead atoms. The molecule has 0 aliphatic heterocycles. The Morgan fingerprint density at radius 2 is 2.33 bits per heavy atom. The minimum absolute atomic E-state index is 0.0441. The zero-order valence-electron chi connectivity index (χ0n) is 11.9. The largest absolute Gasteiger partial charge is 0.469 e. The maximum Gasteiger partial charge on any atom is 0.306 e. The fraction of sp³-hybridized carbons (Fsp3) is 0.467. The molecule has 1 saturated carbocycles. The molecule has 1 fully saturated rings. The summed E-state index contributed by atoms with van der Waals surface area (Å²) in [5.41, 5.74) is 1.70. The van der Waals surface area contributed by atoms with Crippen molar-refractivity contribution in [3.8, 4) is 0 Å². The average molecular weight is 306 g/mol. The van der Waals surface area contributed by atoms with Crippen molar-refractivity contribution in [3.63, 3.8) is 0 Å². The minimum atomic E-state index is -0.148. The second-order valence-electron chi connectivity index (χ2n) is 5.49. The molecular formula is C15H18N2O3S. The number of aromatic nitrogens is 2. The van der Waals surface area contributed by atoms with Gasteiger partial charge in [-0.2, -0.15) is 0 Å². The van der Waals surface area contributed by atoms with Gasteiger partial charge in [0.1, 0.15) is 10.7 Å². The molecular weight excluding hydrogens is 288 g/mol. The van der Waals surface area contributed by atoms with E-state index in [0.29, 0.717) is 6.42 Å². The molecule has 1 N–H and O–H groups in total. The van der Waals surface area contributed by atoms with E-state index in [9.17, 15) is 9.90 Å². The average Bonchev–Trinajstić information content (AvgIpc) is 3.16. The SMILES string of the molecule is COC(=O)CC1(CSc2nc3ccccn3c2CO)CC1. The van der Waals surface area contributed by atoms with Gasteiger partial charge in [0, 0.05) is 11.9 Å². The summed E-state index contributed by atoms with van der Waals surface area (Å²) in [7, 11) is 1.43. The van der Waals surface area contributed by atoms with Crippen LogP contribution in [0, 0.1) is 5.41 Å². The van der Waals surface area contributed by atoms with Crippen LogP contribution in [0.1, 0.15) is 25.0 Å². The van der Waals surface area contributed by atoms with Gasteiger partial charge in [0.05, 0.1) is 25.8 Å². The number of carbonyl (C=O) groups excluding carboxylic acids is 1. The number of aliphatic hydroxyl groups excluding tert-OH is 1. The first-order valence-corrected chi connectivity index (χ1v) is 7.92. The number of imidazole rings is 1. The lowest BCUT2D eigenvalue weighted by molar-refractivity contribution is -0.141. The zero-order chi connectivity index (χ0) is 14.9. The molecule has 0 radical (unpaired) electrons. The third-order valence-corrected chi connectivity index (χ3v) is 5.32. The Hall–Kier alpha value is -1.53. The quantitative estimate of drug-likeness (QED) is 0.655. The monoisotopic (exact) mass is 306 g/mol. The number of ether oxygens (including phenoxy) is 1. The molecule has 0 saturated heterocycles. The number of thioether (sulfide) groups is 1. The van der Waals surface area contributed by atoms with Crippen molar-refractivity contribution in [1.29, 1.82) is 0 Å². The molecule has 0 atom stereocenters. The number of rotatable bonds is 6. The number of esters is 1. The van der Waals surface area contributed by atoms with E-state index in [1.165, 1.54) is 7.11 Å². The molecule has 1 aliphatic carbocycles. The highest BCUT2D eigenvalue weighted by molar-refractivity contribution is 7.99. The molecule has 6 heteroatoms. The number of hydrogen-bond acceptors (Lipinski definition) is 5. The van der Waals surface area contributed by atoms with Crippen LogP contribution in [0.3, 0.4) is 0 Å². The van der Waals surface area contributed by atoms with Crippen LogP contribution >= 0.6 is 11.8 Å². The van der Waals surface area contributed by atoms with E-state index in [1.807, 2.05) is 28.8 Å². The summed E-state index contributed by atoms with van der Waals surface area (Å²) in [5.74, 6) is 0.685. The Balaban J connectivity index is 1.75. The number of hydrogen-bond donors (Lipinski definition) is 1. The second kappa shape index (κ2) is 5.69. The number of fused-ring (bicyclic) bond motifs is 1. The van der Waals surface area contributed by atoms with E-state index < -0.39 is 0 Å². The normalized spacial score (nSPS) is 16.1. The van der Waals surface area contributed by atoms with Crippen molar-refractivity contribution in [2.45, 2.75) is 30.9 Å². The first-order chi connectivity index (χ1) is 10.2. The van der Waals surface area contributed by atoms with Gasteiger partial charge in [0.25, 0.3) is 0 Å². The smallest absolute Gasteiger partial charge is 0.306 e. The number of carbonyl (C=O) groups is 1. The molecule has 0 unspecified atom stereocenters. The van der Waals surface area contributed by atoms with Crippen LogP contribution < -0.4 is 0 Å². The highest BCUT2D eigenvalue weighted by Gasteiger charge is 2.44. The predicted octanol–water partition coefficient (Wildman–Crippen LogP) is 2.26. The van der Waals surface area contributed by atoms with Crippen LogP contribution in [0.15, 0.2) is 29.4 Å². The number of nitrogens with zero attached hydrogens (tertiary/aromatic N) is 2. The van der Waals surface area contributed by atoms with Crippen LogP contribution in [0.2, 0.25) is 0 Å². The predicted molar refractivity (Wildman–Crippen MR) is 80.1 cm³/mol. The van der Waals surface area contributed by atoms with Gasteiger partial charge in [-0.15, -0.1) is 11.8 Å². The lowest BCUT2D eigenvalue weighted by Crippen LogP contribution is -2.13. The first kappa shape index (κ1) is 14.4. The lowest BCUT2D eigenvalue weighted by atomic mass is 10.1. The van der Waals surface area contributed by atoms with Gasteiger partial charge < -0.3 is 14.2 Å². The van der Waals surface area contributed by atoms with E-state index in [-0.39, 0.29) is 18.0 Å². The molecule has 0 aromatic carbocycles. The lowest BCUT2D eigenvalue weighted by Gasteiger charge is -2.12. The van der Waals surface area contributed by atoms with Crippen molar-refractivity contribution in [3.05, 3.63) is 30.1 Å². The molecule has 5 nitrogen and oxygen atoms in total. The van der Waals surface area contributed by atoms with Gasteiger partial charge in [-0.05, 0) is 30.4 Å². The van der Waals surface area contributed by atoms with Gasteiger partial charge in [-0.3, -0.25) is 4.79 Å². The Morgan fingerprint density at radius 1 is 1.52 bits per heavy atom. The maximum absolute atomic E-state index is 11.5. The summed E-state index contributed by atoms with van der Waals surface area (Å²) in [5, 5.41) is 10.4. The molecule has 0 amide bonds. The molecule has 21 heavy (non-hydrogen) atoms. The Bertz CT molecular complexity index is 664. The van der Waals surface area contributed by atoms with Crippen LogP contribution in [-0.2, 0) is 16.1 Å². The van der Waals surface area contributed by atoms with Gasteiger partial charge in [0.15, 0.2) is 0 Å². The van der Waals surface area contributed by atoms with Crippen molar-refractivity contribution in [2.75, 3.05) is 12.9 Å². The number of aliphatic hydroxyl groups is 1. The number of pyridine rings is 1. The van der Waals surface area contributed by atoms with Crippen LogP contribution in [0.4, 0.5) is 0 Å². The van der Waals surface area contributed by atoms with Crippen molar-refractivity contribution in [2.24, 2.45) is 5.41 Å². The second-order valence-corrected chi connectivity index (χ2v) is 6.46. The maximum atomic E-state index is 11.5. The summed E-state index contributed by atoms with van der Waals surface area (Å²) in [6, 6.07) is 5.77. The third-order valence-electron chi connectivity index (χ3n) is 3.96.